The first kappa shape index (κ1) is 21.8. The summed E-state index contributed by atoms with van der Waals surface area (Å²) in [5.41, 5.74) is 3.06. The van der Waals surface area contributed by atoms with Crippen LogP contribution in [0.25, 0.3) is 11.1 Å². The molecule has 6 nitrogen and oxygen atoms in total. The molecular weight excluding hydrogens is 426 g/mol. The molecule has 164 valence electrons. The lowest BCUT2D eigenvalue weighted by atomic mass is 9.87. The maximum Gasteiger partial charge on any atom is 0.202 e. The summed E-state index contributed by atoms with van der Waals surface area (Å²) >= 11 is 0. The molecule has 7 heteroatoms. The van der Waals surface area contributed by atoms with Gasteiger partial charge in [0.05, 0.1) is 18.4 Å². The fourth-order valence-electron chi connectivity index (χ4n) is 3.63. The molecule has 0 radical (unpaired) electrons. The van der Waals surface area contributed by atoms with E-state index in [0.717, 1.165) is 23.1 Å². The van der Waals surface area contributed by atoms with Crippen LogP contribution in [0.5, 0.6) is 5.75 Å². The Balaban J connectivity index is 1.64. The number of ether oxygens (including phenoxy) is 1. The standard InChI is InChI=1S/C25H23NO5S/c1-30-19-11-7-17(8-12-19)15-21(18-9-13-20(14-10-18)32(2,28)29)23(27)16-25-26-22-5-3-4-6-24(22)31-25/h3-14,21H,15-16H2,1-2H3. The summed E-state index contributed by atoms with van der Waals surface area (Å²) in [6.07, 6.45) is 1.67. The number of methoxy groups -OCH3 is 1. The van der Waals surface area contributed by atoms with Gasteiger partial charge in [-0.1, -0.05) is 36.4 Å². The molecule has 3 aromatic carbocycles. The highest BCUT2D eigenvalue weighted by Gasteiger charge is 2.24. The van der Waals surface area contributed by atoms with Crippen molar-refractivity contribution >= 4 is 26.7 Å². The Hall–Kier alpha value is -3.45. The zero-order chi connectivity index (χ0) is 22.7. The van der Waals surface area contributed by atoms with Crippen molar-refractivity contribution in [2.24, 2.45) is 0 Å². The number of hydrogen-bond acceptors (Lipinski definition) is 6. The van der Waals surface area contributed by atoms with Gasteiger partial charge < -0.3 is 9.15 Å². The van der Waals surface area contributed by atoms with E-state index < -0.39 is 15.8 Å². The first-order chi connectivity index (χ1) is 15.3. The molecule has 4 aromatic rings. The number of aromatic nitrogens is 1. The molecule has 0 saturated carbocycles. The number of ketones is 1. The molecule has 0 spiro atoms. The van der Waals surface area contributed by atoms with Gasteiger partial charge in [0.1, 0.15) is 17.0 Å². The van der Waals surface area contributed by atoms with E-state index >= 15 is 0 Å². The van der Waals surface area contributed by atoms with Crippen LogP contribution in [0.2, 0.25) is 0 Å². The van der Waals surface area contributed by atoms with Crippen molar-refractivity contribution in [3.05, 3.63) is 89.8 Å². The van der Waals surface area contributed by atoms with Gasteiger partial charge in [-0.25, -0.2) is 13.4 Å². The summed E-state index contributed by atoms with van der Waals surface area (Å²) in [7, 11) is -1.72. The van der Waals surface area contributed by atoms with E-state index in [2.05, 4.69) is 4.98 Å². The molecule has 1 unspecified atom stereocenters. The average Bonchev–Trinajstić information content (AvgIpc) is 3.19. The molecular formula is C25H23NO5S. The number of fused-ring (bicyclic) bond motifs is 1. The largest absolute Gasteiger partial charge is 0.497 e. The van der Waals surface area contributed by atoms with Crippen LogP contribution in [-0.4, -0.2) is 32.6 Å². The number of sulfone groups is 1. The third-order valence-electron chi connectivity index (χ3n) is 5.36. The van der Waals surface area contributed by atoms with Crippen molar-refractivity contribution in [2.75, 3.05) is 13.4 Å². The lowest BCUT2D eigenvalue weighted by Gasteiger charge is -2.17. The molecule has 1 atom stereocenters. The summed E-state index contributed by atoms with van der Waals surface area (Å²) in [4.78, 5) is 18.0. The maximum absolute atomic E-state index is 13.4. The quantitative estimate of drug-likeness (QED) is 0.397. The molecule has 0 aliphatic heterocycles. The second-order valence-corrected chi connectivity index (χ2v) is 9.68. The summed E-state index contributed by atoms with van der Waals surface area (Å²) in [6.45, 7) is 0. The fraction of sp³-hybridized carbons (Fsp3) is 0.200. The van der Waals surface area contributed by atoms with Crippen LogP contribution in [-0.2, 0) is 27.5 Å². The Morgan fingerprint density at radius 2 is 1.69 bits per heavy atom. The van der Waals surface area contributed by atoms with Crippen LogP contribution in [0, 0.1) is 0 Å². The van der Waals surface area contributed by atoms with Gasteiger partial charge in [0, 0.05) is 12.2 Å². The number of nitrogens with zero attached hydrogens (tertiary/aromatic N) is 1. The predicted molar refractivity (Wildman–Crippen MR) is 122 cm³/mol. The number of rotatable bonds is 8. The molecule has 0 bridgehead atoms. The Morgan fingerprint density at radius 3 is 2.31 bits per heavy atom. The molecule has 0 N–H and O–H groups in total. The van der Waals surface area contributed by atoms with Crippen LogP contribution in [0.15, 0.2) is 82.1 Å². The number of benzene rings is 3. The van der Waals surface area contributed by atoms with Gasteiger partial charge in [0.15, 0.2) is 15.4 Å². The fourth-order valence-corrected chi connectivity index (χ4v) is 4.26. The minimum absolute atomic E-state index is 0.0450. The average molecular weight is 450 g/mol. The Bertz CT molecular complexity index is 1310. The topological polar surface area (TPSA) is 86.5 Å². The molecule has 0 amide bonds. The van der Waals surface area contributed by atoms with Gasteiger partial charge in [0.2, 0.25) is 5.89 Å². The lowest BCUT2D eigenvalue weighted by Crippen LogP contribution is -2.18. The number of carbonyl (C=O) groups excluding carboxylic acids is 1. The summed E-state index contributed by atoms with van der Waals surface area (Å²) in [5, 5.41) is 0. The van der Waals surface area contributed by atoms with E-state index in [9.17, 15) is 13.2 Å². The Morgan fingerprint density at radius 1 is 1.00 bits per heavy atom. The van der Waals surface area contributed by atoms with Gasteiger partial charge in [-0.2, -0.15) is 0 Å². The molecule has 32 heavy (non-hydrogen) atoms. The van der Waals surface area contributed by atoms with Crippen LogP contribution >= 0.6 is 0 Å². The van der Waals surface area contributed by atoms with Gasteiger partial charge in [-0.15, -0.1) is 0 Å². The van der Waals surface area contributed by atoms with E-state index in [1.807, 2.05) is 48.5 Å². The van der Waals surface area contributed by atoms with Gasteiger partial charge in [-0.3, -0.25) is 4.79 Å². The number of hydrogen-bond donors (Lipinski definition) is 0. The zero-order valence-corrected chi connectivity index (χ0v) is 18.6. The number of oxazole rings is 1. The highest BCUT2D eigenvalue weighted by Crippen LogP contribution is 2.27. The van der Waals surface area contributed by atoms with Crippen molar-refractivity contribution in [1.82, 2.24) is 4.98 Å². The molecule has 4 rings (SSSR count). The maximum atomic E-state index is 13.4. The first-order valence-corrected chi connectivity index (χ1v) is 12.0. The summed E-state index contributed by atoms with van der Waals surface area (Å²) in [6, 6.07) is 21.4. The van der Waals surface area contributed by atoms with E-state index in [-0.39, 0.29) is 17.1 Å². The Labute approximate surface area is 186 Å². The van der Waals surface area contributed by atoms with Crippen LogP contribution < -0.4 is 4.74 Å². The SMILES string of the molecule is COc1ccc(CC(C(=O)Cc2nc3ccccc3o2)c2ccc(S(C)(=O)=O)cc2)cc1. The van der Waals surface area contributed by atoms with Crippen molar-refractivity contribution in [1.29, 1.82) is 0 Å². The van der Waals surface area contributed by atoms with Gasteiger partial charge >= 0.3 is 0 Å². The van der Waals surface area contributed by atoms with Gasteiger partial charge in [0.25, 0.3) is 0 Å². The van der Waals surface area contributed by atoms with E-state index in [4.69, 9.17) is 9.15 Å². The third kappa shape index (κ3) is 4.89. The highest BCUT2D eigenvalue weighted by atomic mass is 32.2. The highest BCUT2D eigenvalue weighted by molar-refractivity contribution is 7.90. The molecule has 0 saturated heterocycles. The number of para-hydroxylation sites is 2. The normalized spacial score (nSPS) is 12.6. The van der Waals surface area contributed by atoms with Crippen molar-refractivity contribution in [2.45, 2.75) is 23.7 Å². The van der Waals surface area contributed by atoms with Crippen LogP contribution in [0.3, 0.4) is 0 Å². The second kappa shape index (κ2) is 8.96. The zero-order valence-electron chi connectivity index (χ0n) is 17.8. The number of carbonyl (C=O) groups is 1. The third-order valence-corrected chi connectivity index (χ3v) is 6.49. The van der Waals surface area contributed by atoms with E-state index in [1.165, 1.54) is 0 Å². The molecule has 0 aliphatic rings. The van der Waals surface area contributed by atoms with Gasteiger partial charge in [-0.05, 0) is 53.9 Å². The van der Waals surface area contributed by atoms with Crippen LogP contribution in [0.4, 0.5) is 0 Å². The molecule has 1 aromatic heterocycles. The minimum Gasteiger partial charge on any atom is -0.497 e. The van der Waals surface area contributed by atoms with Crippen molar-refractivity contribution in [3.63, 3.8) is 0 Å². The molecule has 1 heterocycles. The van der Waals surface area contributed by atoms with E-state index in [0.29, 0.717) is 23.4 Å². The first-order valence-electron chi connectivity index (χ1n) is 10.1. The summed E-state index contributed by atoms with van der Waals surface area (Å²) in [5.74, 6) is 0.566. The Kier molecular flexibility index (Phi) is 6.10. The minimum atomic E-state index is -3.32. The van der Waals surface area contributed by atoms with Crippen molar-refractivity contribution in [3.8, 4) is 5.75 Å². The predicted octanol–water partition coefficient (Wildman–Crippen LogP) is 4.38. The monoisotopic (exact) mass is 449 g/mol. The second-order valence-electron chi connectivity index (χ2n) is 7.66. The molecule has 0 aliphatic carbocycles. The smallest absolute Gasteiger partial charge is 0.202 e. The van der Waals surface area contributed by atoms with Crippen molar-refractivity contribution < 1.29 is 22.4 Å². The van der Waals surface area contributed by atoms with Crippen LogP contribution in [0.1, 0.15) is 22.9 Å². The lowest BCUT2D eigenvalue weighted by molar-refractivity contribution is -0.120. The summed E-state index contributed by atoms with van der Waals surface area (Å²) < 4.78 is 34.6. The van der Waals surface area contributed by atoms with E-state index in [1.54, 1.807) is 31.4 Å². The molecule has 0 fully saturated rings. The number of Topliss-reactive ketones (excluding diaryl/α,β-unsaturated/α-hetero) is 1.